The van der Waals surface area contributed by atoms with Gasteiger partial charge in [0, 0.05) is 18.0 Å². The molecule has 1 aliphatic heterocycles. The molecule has 0 spiro atoms. The molecule has 2 unspecified atom stereocenters. The largest absolute Gasteiger partial charge is 0.391 e. The molecule has 3 rings (SSSR count). The van der Waals surface area contributed by atoms with E-state index in [1.807, 2.05) is 0 Å². The van der Waals surface area contributed by atoms with Gasteiger partial charge in [0.05, 0.1) is 11.5 Å². The van der Waals surface area contributed by atoms with Crippen molar-refractivity contribution in [3.05, 3.63) is 16.8 Å². The number of hydrogen-bond acceptors (Lipinski definition) is 5. The number of aromatic nitrogens is 2. The maximum atomic E-state index is 10.1. The van der Waals surface area contributed by atoms with Crippen molar-refractivity contribution >= 4 is 27.4 Å². The SMILES string of the molecule is Cc1sc2ncnc(N3CCC(C)C(O)C3)c2c1C. The van der Waals surface area contributed by atoms with Gasteiger partial charge in [0.15, 0.2) is 0 Å². The van der Waals surface area contributed by atoms with Gasteiger partial charge < -0.3 is 10.0 Å². The maximum absolute atomic E-state index is 10.1. The molecule has 1 saturated heterocycles. The third-order valence-electron chi connectivity index (χ3n) is 4.16. The fourth-order valence-corrected chi connectivity index (χ4v) is 3.64. The quantitative estimate of drug-likeness (QED) is 0.870. The average molecular weight is 277 g/mol. The highest BCUT2D eigenvalue weighted by Gasteiger charge is 2.27. The highest BCUT2D eigenvalue weighted by molar-refractivity contribution is 7.18. The Labute approximate surface area is 117 Å². The van der Waals surface area contributed by atoms with Crippen LogP contribution in [-0.4, -0.2) is 34.3 Å². The number of aryl methyl sites for hydroxylation is 2. The summed E-state index contributed by atoms with van der Waals surface area (Å²) < 4.78 is 0. The number of β-amino-alcohol motifs (C(OH)–C–C–N with tert-alkyl or cyclic N) is 1. The molecule has 1 fully saturated rings. The molecule has 1 N–H and O–H groups in total. The van der Waals surface area contributed by atoms with Crippen molar-refractivity contribution in [3.63, 3.8) is 0 Å². The van der Waals surface area contributed by atoms with E-state index in [1.54, 1.807) is 17.7 Å². The van der Waals surface area contributed by atoms with E-state index < -0.39 is 0 Å². The molecule has 2 aromatic heterocycles. The number of piperidine rings is 1. The van der Waals surface area contributed by atoms with Crippen LogP contribution in [0, 0.1) is 19.8 Å². The summed E-state index contributed by atoms with van der Waals surface area (Å²) in [5.41, 5.74) is 1.27. The summed E-state index contributed by atoms with van der Waals surface area (Å²) in [6.45, 7) is 7.99. The smallest absolute Gasteiger partial charge is 0.141 e. The first-order valence-corrected chi connectivity index (χ1v) is 7.53. The predicted octanol–water partition coefficient (Wildman–Crippen LogP) is 2.52. The first-order chi connectivity index (χ1) is 9.08. The van der Waals surface area contributed by atoms with Crippen LogP contribution in [0.15, 0.2) is 6.33 Å². The first-order valence-electron chi connectivity index (χ1n) is 6.71. The predicted molar refractivity (Wildman–Crippen MR) is 78.9 cm³/mol. The molecule has 1 aliphatic rings. The fourth-order valence-electron chi connectivity index (χ4n) is 2.64. The first kappa shape index (κ1) is 12.8. The lowest BCUT2D eigenvalue weighted by molar-refractivity contribution is 0.103. The molecular weight excluding hydrogens is 258 g/mol. The Morgan fingerprint density at radius 1 is 1.37 bits per heavy atom. The summed E-state index contributed by atoms with van der Waals surface area (Å²) >= 11 is 1.72. The Bertz CT molecular complexity index is 610. The Kier molecular flexibility index (Phi) is 3.19. The molecule has 5 heteroatoms. The molecule has 0 bridgehead atoms. The van der Waals surface area contributed by atoms with Crippen LogP contribution in [0.5, 0.6) is 0 Å². The number of hydrogen-bond donors (Lipinski definition) is 1. The second kappa shape index (κ2) is 4.72. The molecule has 2 aromatic rings. The van der Waals surface area contributed by atoms with E-state index in [4.69, 9.17) is 0 Å². The van der Waals surface area contributed by atoms with Crippen molar-refractivity contribution < 1.29 is 5.11 Å². The van der Waals surface area contributed by atoms with Gasteiger partial charge in [0.2, 0.25) is 0 Å². The van der Waals surface area contributed by atoms with Gasteiger partial charge in [-0.25, -0.2) is 9.97 Å². The number of thiophene rings is 1. The maximum Gasteiger partial charge on any atom is 0.141 e. The van der Waals surface area contributed by atoms with E-state index in [1.165, 1.54) is 10.4 Å². The Balaban J connectivity index is 2.05. The summed E-state index contributed by atoms with van der Waals surface area (Å²) in [5, 5.41) is 11.2. The third kappa shape index (κ3) is 2.11. The number of rotatable bonds is 1. The number of aliphatic hydroxyl groups is 1. The second-order valence-corrected chi connectivity index (χ2v) is 6.64. The van der Waals surface area contributed by atoms with E-state index in [0.717, 1.165) is 29.0 Å². The van der Waals surface area contributed by atoms with Crippen LogP contribution in [0.3, 0.4) is 0 Å². The molecule has 4 nitrogen and oxygen atoms in total. The zero-order valence-electron chi connectivity index (χ0n) is 11.6. The van der Waals surface area contributed by atoms with Gasteiger partial charge in [-0.05, 0) is 31.7 Å². The van der Waals surface area contributed by atoms with Crippen molar-refractivity contribution in [2.24, 2.45) is 5.92 Å². The van der Waals surface area contributed by atoms with Crippen LogP contribution in [0.25, 0.3) is 10.2 Å². The van der Waals surface area contributed by atoms with Crippen molar-refractivity contribution in [1.29, 1.82) is 0 Å². The summed E-state index contributed by atoms with van der Waals surface area (Å²) in [5.74, 6) is 1.36. The van der Waals surface area contributed by atoms with Crippen molar-refractivity contribution in [2.45, 2.75) is 33.3 Å². The fraction of sp³-hybridized carbons (Fsp3) is 0.571. The van der Waals surface area contributed by atoms with Gasteiger partial charge in [-0.1, -0.05) is 6.92 Å². The molecule has 0 aliphatic carbocycles. The van der Waals surface area contributed by atoms with E-state index in [0.29, 0.717) is 12.5 Å². The minimum absolute atomic E-state index is 0.265. The molecule has 2 atom stereocenters. The number of anilines is 1. The molecule has 0 aromatic carbocycles. The minimum atomic E-state index is -0.265. The summed E-state index contributed by atoms with van der Waals surface area (Å²) in [6, 6.07) is 0. The van der Waals surface area contributed by atoms with Crippen LogP contribution in [0.2, 0.25) is 0 Å². The monoisotopic (exact) mass is 277 g/mol. The summed E-state index contributed by atoms with van der Waals surface area (Å²) in [7, 11) is 0. The topological polar surface area (TPSA) is 49.2 Å². The standard InChI is InChI=1S/C14H19N3OS/c1-8-4-5-17(6-11(8)18)13-12-9(2)10(3)19-14(12)16-7-15-13/h7-8,11,18H,4-6H2,1-3H3. The number of nitrogens with zero attached hydrogens (tertiary/aromatic N) is 3. The van der Waals surface area contributed by atoms with Gasteiger partial charge in [-0.3, -0.25) is 0 Å². The van der Waals surface area contributed by atoms with Crippen molar-refractivity contribution in [3.8, 4) is 0 Å². The van der Waals surface area contributed by atoms with Crippen LogP contribution in [0.4, 0.5) is 5.82 Å². The van der Waals surface area contributed by atoms with Gasteiger partial charge in [0.1, 0.15) is 17.0 Å². The summed E-state index contributed by atoms with van der Waals surface area (Å²) in [4.78, 5) is 13.4. The Hall–Kier alpha value is -1.20. The van der Waals surface area contributed by atoms with Gasteiger partial charge in [-0.15, -0.1) is 11.3 Å². The molecular formula is C14H19N3OS. The highest BCUT2D eigenvalue weighted by atomic mass is 32.1. The van der Waals surface area contributed by atoms with E-state index >= 15 is 0 Å². The van der Waals surface area contributed by atoms with Crippen molar-refractivity contribution in [1.82, 2.24) is 9.97 Å². The number of fused-ring (bicyclic) bond motifs is 1. The minimum Gasteiger partial charge on any atom is -0.391 e. The molecule has 0 amide bonds. The summed E-state index contributed by atoms with van der Waals surface area (Å²) in [6.07, 6.45) is 2.38. The van der Waals surface area contributed by atoms with Gasteiger partial charge >= 0.3 is 0 Å². The van der Waals surface area contributed by atoms with E-state index in [9.17, 15) is 5.11 Å². The van der Waals surface area contributed by atoms with E-state index in [-0.39, 0.29) is 6.10 Å². The molecule has 3 heterocycles. The Morgan fingerprint density at radius 3 is 2.89 bits per heavy atom. The lowest BCUT2D eigenvalue weighted by atomic mass is 9.96. The lowest BCUT2D eigenvalue weighted by Crippen LogP contribution is -2.43. The van der Waals surface area contributed by atoms with Crippen LogP contribution < -0.4 is 4.90 Å². The highest BCUT2D eigenvalue weighted by Crippen LogP contribution is 2.35. The second-order valence-electron chi connectivity index (χ2n) is 5.44. The Morgan fingerprint density at radius 2 is 2.16 bits per heavy atom. The molecule has 102 valence electrons. The zero-order valence-corrected chi connectivity index (χ0v) is 12.4. The molecule has 0 radical (unpaired) electrons. The average Bonchev–Trinajstić information content (AvgIpc) is 2.69. The van der Waals surface area contributed by atoms with E-state index in [2.05, 4.69) is 35.6 Å². The van der Waals surface area contributed by atoms with Crippen LogP contribution in [0.1, 0.15) is 23.8 Å². The van der Waals surface area contributed by atoms with Gasteiger partial charge in [-0.2, -0.15) is 0 Å². The molecule has 19 heavy (non-hydrogen) atoms. The normalized spacial score (nSPS) is 24.1. The van der Waals surface area contributed by atoms with Crippen molar-refractivity contribution in [2.75, 3.05) is 18.0 Å². The zero-order chi connectivity index (χ0) is 13.6. The molecule has 0 saturated carbocycles. The lowest BCUT2D eigenvalue weighted by Gasteiger charge is -2.35. The van der Waals surface area contributed by atoms with Gasteiger partial charge in [0.25, 0.3) is 0 Å². The van der Waals surface area contributed by atoms with Crippen LogP contribution >= 0.6 is 11.3 Å². The third-order valence-corrected chi connectivity index (χ3v) is 5.28. The number of aliphatic hydroxyl groups excluding tert-OH is 1. The van der Waals surface area contributed by atoms with Crippen LogP contribution in [-0.2, 0) is 0 Å².